The van der Waals surface area contributed by atoms with Crippen LogP contribution in [0.15, 0.2) is 47.8 Å². The third kappa shape index (κ3) is 27.7. The van der Waals surface area contributed by atoms with Crippen LogP contribution in [0.25, 0.3) is 0 Å². The van der Waals surface area contributed by atoms with Crippen LogP contribution in [0.2, 0.25) is 0 Å². The number of rotatable bonds is 34. The molecule has 1 aromatic heterocycles. The van der Waals surface area contributed by atoms with E-state index in [0.29, 0.717) is 28.5 Å². The zero-order chi connectivity index (χ0) is 73.6. The molecule has 12 amide bonds. The summed E-state index contributed by atoms with van der Waals surface area (Å²) in [5.41, 5.74) is 18.7. The third-order valence-electron chi connectivity index (χ3n) is 16.9. The Bertz CT molecular complexity index is 3140. The number of primary amides is 1. The Balaban J connectivity index is 1.65. The molecule has 548 valence electrons. The Morgan fingerprint density at radius 3 is 1.73 bits per heavy atom. The van der Waals surface area contributed by atoms with Gasteiger partial charge in [0.2, 0.25) is 70.9 Å². The van der Waals surface area contributed by atoms with Gasteiger partial charge in [-0.15, -0.1) is 11.8 Å². The topological polar surface area (TPSA) is 531 Å². The van der Waals surface area contributed by atoms with Gasteiger partial charge in [0.15, 0.2) is 0 Å². The number of carboxylic acid groups (broad SMARTS) is 2. The van der Waals surface area contributed by atoms with E-state index >= 15 is 0 Å². The summed E-state index contributed by atoms with van der Waals surface area (Å²) >= 11 is 1.36. The molecule has 33 nitrogen and oxygen atoms in total. The summed E-state index contributed by atoms with van der Waals surface area (Å²) in [4.78, 5) is 205. The number of hydrogen-bond donors (Lipinski definition) is 17. The van der Waals surface area contributed by atoms with Gasteiger partial charge in [0.1, 0.15) is 66.5 Å². The molecule has 0 spiro atoms. The first-order valence-corrected chi connectivity index (χ1v) is 34.5. The summed E-state index contributed by atoms with van der Waals surface area (Å²) < 4.78 is 0. The molecule has 1 fully saturated rings. The van der Waals surface area contributed by atoms with Gasteiger partial charge in [0.05, 0.1) is 30.3 Å². The van der Waals surface area contributed by atoms with Crippen molar-refractivity contribution < 1.29 is 77.3 Å². The average Bonchev–Trinajstić information content (AvgIpc) is 1.61. The number of nitrogens with one attached hydrogen (secondary N) is 12. The molecular formula is C65H101N17O16S. The highest BCUT2D eigenvalue weighted by Crippen LogP contribution is 2.25. The summed E-state index contributed by atoms with van der Waals surface area (Å²) in [6.45, 7) is 14.2. The van der Waals surface area contributed by atoms with Crippen molar-refractivity contribution in [3.63, 3.8) is 0 Å². The normalized spacial score (nSPS) is 22.5. The van der Waals surface area contributed by atoms with Gasteiger partial charge in [-0.25, -0.2) is 4.98 Å². The van der Waals surface area contributed by atoms with Gasteiger partial charge in [0.25, 0.3) is 0 Å². The predicted molar refractivity (Wildman–Crippen MR) is 365 cm³/mol. The number of carboxylic acids is 2. The molecule has 2 aromatic rings. The lowest BCUT2D eigenvalue weighted by atomic mass is 9.97. The van der Waals surface area contributed by atoms with Gasteiger partial charge in [-0.3, -0.25) is 72.1 Å². The van der Waals surface area contributed by atoms with E-state index in [1.54, 1.807) is 58.0 Å². The number of thioether (sulfide) groups is 1. The van der Waals surface area contributed by atoms with E-state index in [4.69, 9.17) is 17.2 Å². The number of aliphatic carboxylic acids is 2. The highest BCUT2D eigenvalue weighted by molar-refractivity contribution is 8.14. The minimum absolute atomic E-state index is 0.000511. The van der Waals surface area contributed by atoms with Gasteiger partial charge in [-0.2, -0.15) is 0 Å². The van der Waals surface area contributed by atoms with E-state index in [0.717, 1.165) is 6.42 Å². The van der Waals surface area contributed by atoms with Gasteiger partial charge >= 0.3 is 11.9 Å². The van der Waals surface area contributed by atoms with E-state index in [2.05, 4.69) is 73.4 Å². The van der Waals surface area contributed by atoms with Crippen LogP contribution in [0.1, 0.15) is 144 Å². The molecule has 1 aromatic carbocycles. The van der Waals surface area contributed by atoms with Crippen molar-refractivity contribution in [2.75, 3.05) is 18.8 Å². The van der Waals surface area contributed by atoms with Crippen molar-refractivity contribution >= 4 is 99.6 Å². The predicted octanol–water partition coefficient (Wildman–Crippen LogP) is -2.07. The van der Waals surface area contributed by atoms with Crippen molar-refractivity contribution in [1.82, 2.24) is 68.5 Å². The Kier molecular flexibility index (Phi) is 34.4. The molecule has 0 radical (unpaired) electrons. The molecule has 0 bridgehead atoms. The largest absolute Gasteiger partial charge is 0.481 e. The number of aromatic amines is 1. The molecule has 4 rings (SSSR count). The molecule has 0 aliphatic carbocycles. The summed E-state index contributed by atoms with van der Waals surface area (Å²) in [6, 6.07) is -8.10. The van der Waals surface area contributed by atoms with Gasteiger partial charge in [-0.1, -0.05) is 98.6 Å². The molecule has 20 N–H and O–H groups in total. The second-order valence-corrected chi connectivity index (χ2v) is 26.9. The number of unbranched alkanes of at least 4 members (excludes halogenated alkanes) is 1. The number of aliphatic imine (C=N–C) groups is 1. The molecule has 3 heterocycles. The number of imidazole rings is 1. The van der Waals surface area contributed by atoms with Crippen LogP contribution < -0.4 is 75.7 Å². The van der Waals surface area contributed by atoms with Gasteiger partial charge < -0.3 is 90.9 Å². The smallest absolute Gasteiger partial charge is 0.305 e. The number of carbonyl (C=O) groups excluding carboxylic acids is 12. The van der Waals surface area contributed by atoms with E-state index < -0.39 is 187 Å². The van der Waals surface area contributed by atoms with Crippen LogP contribution in [0.4, 0.5) is 0 Å². The first-order valence-electron chi connectivity index (χ1n) is 33.6. The quantitative estimate of drug-likeness (QED) is 0.0335. The lowest BCUT2D eigenvalue weighted by Crippen LogP contribution is -2.61. The number of hydrogen-bond acceptors (Lipinski definition) is 19. The number of nitrogens with zero attached hydrogens (tertiary/aromatic N) is 2. The lowest BCUT2D eigenvalue weighted by Gasteiger charge is -2.29. The van der Waals surface area contributed by atoms with Crippen molar-refractivity contribution in [3.05, 3.63) is 54.1 Å². The standard InChI is InChI=1S/C65H101N17O16S/c1-9-35(7)51(68)65-80-47(31-99-65)62(96)75-42(25-33(3)4)57(91)74-41(21-22-49(84)85)56(90)82-53(36(8)10-2)63(97)70-24-15-14-19-39-54(88)72-40(20-16-23-66)55(89)81-52(34(5)6)64(98)79-43(26-37-17-12-11-13-18-37)58(92)76-44(27-38-30-69-32-71-38)59(93)78-46(29-50(86)87)61(95)77-45(28-48(67)83)60(94)73-39/h11-13,17-18,30,32-36,39-47,51-53H,9-10,14-16,19-29,31,66,68H2,1-8H3,(H2,67,83)(H,69,71)(H,70,97)(H,72,88)(H,73,94)(H,74,91)(H,75,96)(H,76,92)(H,77,95)(H,78,93)(H,79,98)(H,81,89)(H,82,90)(H,84,85)(H,86,87)/t35-,36-,39-,40+,41+,42-,43+,44-,45-,46+,47?,51-,52-,53-/m0/s1. The molecule has 34 heteroatoms. The van der Waals surface area contributed by atoms with E-state index in [1.807, 2.05) is 27.7 Å². The van der Waals surface area contributed by atoms with Crippen LogP contribution >= 0.6 is 11.8 Å². The maximum absolute atomic E-state index is 14.6. The highest BCUT2D eigenvalue weighted by atomic mass is 32.2. The van der Waals surface area contributed by atoms with Crippen molar-refractivity contribution in [2.24, 2.45) is 45.9 Å². The number of amides is 12. The first-order chi connectivity index (χ1) is 46.8. The molecule has 2 aliphatic rings. The van der Waals surface area contributed by atoms with Crippen LogP contribution in [0, 0.1) is 23.7 Å². The highest BCUT2D eigenvalue weighted by Gasteiger charge is 2.39. The Hall–Kier alpha value is -9.05. The number of carbonyl (C=O) groups is 14. The third-order valence-corrected chi connectivity index (χ3v) is 18.1. The van der Waals surface area contributed by atoms with Gasteiger partial charge in [0, 0.05) is 43.5 Å². The number of aromatic nitrogens is 2. The fourth-order valence-corrected chi connectivity index (χ4v) is 11.9. The second-order valence-electron chi connectivity index (χ2n) is 25.8. The Labute approximate surface area is 579 Å². The second kappa shape index (κ2) is 41.4. The summed E-state index contributed by atoms with van der Waals surface area (Å²) in [6.07, 6.45) is 0.247. The average molecular weight is 1410 g/mol. The number of nitrogens with two attached hydrogens (primary N) is 3. The molecule has 1 saturated heterocycles. The maximum Gasteiger partial charge on any atom is 0.305 e. The maximum atomic E-state index is 14.6. The molecule has 0 saturated carbocycles. The minimum atomic E-state index is -2.00. The van der Waals surface area contributed by atoms with Crippen LogP contribution in [-0.2, 0) is 80.0 Å². The SMILES string of the molecule is CC[C@H](C)[C@H](N)C1=NC(C(=O)N[C@@H](CC(C)C)C(=O)N[C@H](CCC(=O)O)C(=O)N[C@H](C(=O)NCCCC[C@@H]2NC(=O)[C@H](CC(N)=O)NC(=O)[C@@H](CC(=O)O)NC(=O)[C@H](Cc3cnc[nH]3)NC(=O)[C@@H](Cc3ccccc3)NC(=O)[C@H](C(C)C)NC(=O)[C@@H](CCCN)NC2=O)[C@@H](C)CC)CS1. The lowest BCUT2D eigenvalue weighted by molar-refractivity contribution is -0.142. The molecule has 2 aliphatic heterocycles. The van der Waals surface area contributed by atoms with Crippen LogP contribution in [-0.4, -0.2) is 199 Å². The van der Waals surface area contributed by atoms with Crippen LogP contribution in [0.5, 0.6) is 0 Å². The minimum Gasteiger partial charge on any atom is -0.481 e. The van der Waals surface area contributed by atoms with E-state index in [1.165, 1.54) is 24.3 Å². The van der Waals surface area contributed by atoms with Crippen LogP contribution in [0.3, 0.4) is 0 Å². The van der Waals surface area contributed by atoms with E-state index in [-0.39, 0.29) is 82.3 Å². The van der Waals surface area contributed by atoms with Crippen molar-refractivity contribution in [2.45, 2.75) is 218 Å². The van der Waals surface area contributed by atoms with E-state index in [9.17, 15) is 77.3 Å². The molecule has 1 unspecified atom stereocenters. The Morgan fingerprint density at radius 1 is 0.626 bits per heavy atom. The Morgan fingerprint density at radius 2 is 1.17 bits per heavy atom. The summed E-state index contributed by atoms with van der Waals surface area (Å²) in [5, 5.41) is 48.8. The van der Waals surface area contributed by atoms with Gasteiger partial charge in [-0.05, 0) is 80.7 Å². The van der Waals surface area contributed by atoms with Crippen molar-refractivity contribution in [3.8, 4) is 0 Å². The first kappa shape index (κ1) is 82.4. The summed E-state index contributed by atoms with van der Waals surface area (Å²) in [5.74, 6) is -15.2. The molecule has 14 atom stereocenters. The summed E-state index contributed by atoms with van der Waals surface area (Å²) in [7, 11) is 0. The molecular weight excluding hydrogens is 1310 g/mol. The fraction of sp³-hybridized carbons (Fsp3) is 0.631. The fourth-order valence-electron chi connectivity index (χ4n) is 10.7. The van der Waals surface area contributed by atoms with Crippen molar-refractivity contribution in [1.29, 1.82) is 0 Å². The number of H-pyrrole nitrogens is 1. The zero-order valence-corrected chi connectivity index (χ0v) is 58.3. The monoisotopic (exact) mass is 1410 g/mol. The molecule has 99 heavy (non-hydrogen) atoms. The zero-order valence-electron chi connectivity index (χ0n) is 57.4. The number of benzene rings is 1.